The molecule has 3 heterocycles. The predicted molar refractivity (Wildman–Crippen MR) is 142 cm³/mol. The van der Waals surface area contributed by atoms with Crippen molar-refractivity contribution >= 4 is 0 Å². The maximum absolute atomic E-state index is 5.40. The van der Waals surface area contributed by atoms with E-state index in [0.717, 1.165) is 62.5 Å². The van der Waals surface area contributed by atoms with E-state index >= 15 is 0 Å². The molecule has 186 valence electrons. The maximum Gasteiger partial charge on any atom is 0.0637 e. The number of pyridine rings is 3. The van der Waals surface area contributed by atoms with Crippen LogP contribution in [-0.4, -0.2) is 45.0 Å². The fourth-order valence-electron chi connectivity index (χ4n) is 4.15. The van der Waals surface area contributed by atoms with E-state index in [9.17, 15) is 0 Å². The van der Waals surface area contributed by atoms with Gasteiger partial charge in [0, 0.05) is 44.6 Å². The number of aryl methyl sites for hydroxylation is 3. The lowest BCUT2D eigenvalue weighted by Crippen LogP contribution is -2.25. The standard InChI is InChI=1S/C29H39N5O/c1-5-24-11-8-14-30-27(24)21-33(19-20-35-4)17-18-34(22-28-25(6-2)12-9-15-31-28)23-29-26(7-3)13-10-16-32-29/h8-18H,5-7,19-23H2,1-4H3/b18-17+. The second kappa shape index (κ2) is 14.2. The molecule has 0 radical (unpaired) electrons. The summed E-state index contributed by atoms with van der Waals surface area (Å²) in [5, 5.41) is 0. The smallest absolute Gasteiger partial charge is 0.0637 e. The third-order valence-corrected chi connectivity index (χ3v) is 6.23. The fraction of sp³-hybridized carbons (Fsp3) is 0.414. The van der Waals surface area contributed by atoms with Crippen LogP contribution in [0.2, 0.25) is 0 Å². The summed E-state index contributed by atoms with van der Waals surface area (Å²) in [6.45, 7) is 10.2. The molecule has 0 aromatic carbocycles. The molecule has 0 aliphatic rings. The SMILES string of the molecule is CCc1cccnc1CN(/C=C/N(Cc1ncccc1CC)Cc1ncccc1CC)CCOC. The number of methoxy groups -OCH3 is 1. The van der Waals surface area contributed by atoms with Gasteiger partial charge in [-0.25, -0.2) is 0 Å². The quantitative estimate of drug-likeness (QED) is 0.322. The van der Waals surface area contributed by atoms with Gasteiger partial charge in [0.2, 0.25) is 0 Å². The Bertz CT molecular complexity index is 1020. The Balaban J connectivity index is 1.88. The molecule has 0 aliphatic heterocycles. The molecule has 0 N–H and O–H groups in total. The fourth-order valence-corrected chi connectivity index (χ4v) is 4.15. The summed E-state index contributed by atoms with van der Waals surface area (Å²) in [4.78, 5) is 18.6. The molecule has 35 heavy (non-hydrogen) atoms. The number of ether oxygens (including phenoxy) is 1. The molecule has 0 saturated carbocycles. The van der Waals surface area contributed by atoms with Gasteiger partial charge in [0.05, 0.1) is 43.3 Å². The first-order valence-corrected chi connectivity index (χ1v) is 12.6. The molecular formula is C29H39N5O. The summed E-state index contributed by atoms with van der Waals surface area (Å²) in [6, 6.07) is 12.5. The highest BCUT2D eigenvalue weighted by Crippen LogP contribution is 2.16. The summed E-state index contributed by atoms with van der Waals surface area (Å²) in [7, 11) is 1.74. The molecule has 0 spiro atoms. The minimum atomic E-state index is 0.652. The van der Waals surface area contributed by atoms with Crippen LogP contribution in [0.1, 0.15) is 54.5 Å². The molecule has 0 unspecified atom stereocenters. The molecule has 3 aromatic heterocycles. The van der Waals surface area contributed by atoms with Crippen LogP contribution in [0.4, 0.5) is 0 Å². The van der Waals surface area contributed by atoms with Gasteiger partial charge in [0.1, 0.15) is 0 Å². The van der Waals surface area contributed by atoms with Gasteiger partial charge in [0.15, 0.2) is 0 Å². The molecule has 0 saturated heterocycles. The number of nitrogens with zero attached hydrogens (tertiary/aromatic N) is 5. The Morgan fingerprint density at radius 2 is 1.06 bits per heavy atom. The molecule has 6 heteroatoms. The third kappa shape index (κ3) is 7.89. The highest BCUT2D eigenvalue weighted by atomic mass is 16.5. The Morgan fingerprint density at radius 1 is 0.657 bits per heavy atom. The minimum absolute atomic E-state index is 0.652. The summed E-state index contributed by atoms with van der Waals surface area (Å²) < 4.78 is 5.40. The first kappa shape index (κ1) is 26.4. The van der Waals surface area contributed by atoms with Crippen LogP contribution >= 0.6 is 0 Å². The predicted octanol–water partition coefficient (Wildman–Crippen LogP) is 5.18. The summed E-state index contributed by atoms with van der Waals surface area (Å²) in [5.41, 5.74) is 7.16. The van der Waals surface area contributed by atoms with Crippen molar-refractivity contribution in [2.24, 2.45) is 0 Å². The van der Waals surface area contributed by atoms with Gasteiger partial charge in [-0.3, -0.25) is 15.0 Å². The van der Waals surface area contributed by atoms with Gasteiger partial charge in [-0.2, -0.15) is 0 Å². The van der Waals surface area contributed by atoms with Gasteiger partial charge in [-0.15, -0.1) is 0 Å². The van der Waals surface area contributed by atoms with Crippen LogP contribution in [0.25, 0.3) is 0 Å². The molecule has 3 rings (SSSR count). The topological polar surface area (TPSA) is 54.4 Å². The second-order valence-corrected chi connectivity index (χ2v) is 8.55. The van der Waals surface area contributed by atoms with Gasteiger partial charge in [-0.1, -0.05) is 39.0 Å². The van der Waals surface area contributed by atoms with E-state index in [1.165, 1.54) is 16.7 Å². The van der Waals surface area contributed by atoms with Crippen LogP contribution in [0.3, 0.4) is 0 Å². The van der Waals surface area contributed by atoms with Gasteiger partial charge in [0.25, 0.3) is 0 Å². The monoisotopic (exact) mass is 473 g/mol. The van der Waals surface area contributed by atoms with Gasteiger partial charge in [-0.05, 0) is 54.2 Å². The van der Waals surface area contributed by atoms with E-state index in [1.807, 2.05) is 36.8 Å². The van der Waals surface area contributed by atoms with Crippen molar-refractivity contribution in [1.29, 1.82) is 0 Å². The van der Waals surface area contributed by atoms with E-state index in [0.29, 0.717) is 6.61 Å². The van der Waals surface area contributed by atoms with E-state index < -0.39 is 0 Å². The maximum atomic E-state index is 5.40. The first-order valence-electron chi connectivity index (χ1n) is 12.6. The zero-order chi connectivity index (χ0) is 24.9. The van der Waals surface area contributed by atoms with E-state index in [1.54, 1.807) is 7.11 Å². The third-order valence-electron chi connectivity index (χ3n) is 6.23. The molecule has 0 fully saturated rings. The Labute approximate surface area is 210 Å². The molecule has 0 atom stereocenters. The Morgan fingerprint density at radius 3 is 1.46 bits per heavy atom. The summed E-state index contributed by atoms with van der Waals surface area (Å²) >= 11 is 0. The Kier molecular flexibility index (Phi) is 10.7. The zero-order valence-corrected chi connectivity index (χ0v) is 21.7. The van der Waals surface area contributed by atoms with E-state index in [4.69, 9.17) is 14.7 Å². The molecule has 0 bridgehead atoms. The van der Waals surface area contributed by atoms with Crippen LogP contribution in [-0.2, 0) is 43.6 Å². The van der Waals surface area contributed by atoms with E-state index in [-0.39, 0.29) is 0 Å². The second-order valence-electron chi connectivity index (χ2n) is 8.55. The summed E-state index contributed by atoms with van der Waals surface area (Å²) in [5.74, 6) is 0. The van der Waals surface area contributed by atoms with Crippen LogP contribution in [0.5, 0.6) is 0 Å². The lowest BCUT2D eigenvalue weighted by molar-refractivity contribution is 0.165. The lowest BCUT2D eigenvalue weighted by atomic mass is 10.1. The average molecular weight is 474 g/mol. The molecule has 6 nitrogen and oxygen atoms in total. The summed E-state index contributed by atoms with van der Waals surface area (Å²) in [6.07, 6.45) is 12.9. The first-order chi connectivity index (χ1) is 17.2. The number of rotatable bonds is 14. The van der Waals surface area contributed by atoms with Crippen molar-refractivity contribution < 1.29 is 4.74 Å². The van der Waals surface area contributed by atoms with Crippen LogP contribution in [0, 0.1) is 0 Å². The highest BCUT2D eigenvalue weighted by Gasteiger charge is 2.12. The van der Waals surface area contributed by atoms with Crippen LogP contribution < -0.4 is 0 Å². The van der Waals surface area contributed by atoms with Gasteiger partial charge >= 0.3 is 0 Å². The van der Waals surface area contributed by atoms with Crippen molar-refractivity contribution in [2.45, 2.75) is 59.7 Å². The minimum Gasteiger partial charge on any atom is -0.383 e. The van der Waals surface area contributed by atoms with Crippen molar-refractivity contribution in [1.82, 2.24) is 24.8 Å². The van der Waals surface area contributed by atoms with Crippen molar-refractivity contribution in [3.05, 3.63) is 101 Å². The van der Waals surface area contributed by atoms with Crippen molar-refractivity contribution in [2.75, 3.05) is 20.3 Å². The molecule has 0 aliphatic carbocycles. The molecule has 3 aromatic rings. The zero-order valence-electron chi connectivity index (χ0n) is 21.7. The van der Waals surface area contributed by atoms with Crippen molar-refractivity contribution in [3.8, 4) is 0 Å². The highest BCUT2D eigenvalue weighted by molar-refractivity contribution is 5.23. The molecule has 0 amide bonds. The van der Waals surface area contributed by atoms with Crippen molar-refractivity contribution in [3.63, 3.8) is 0 Å². The average Bonchev–Trinajstić information content (AvgIpc) is 2.90. The lowest BCUT2D eigenvalue weighted by Gasteiger charge is -2.25. The largest absolute Gasteiger partial charge is 0.383 e. The van der Waals surface area contributed by atoms with Gasteiger partial charge < -0.3 is 14.5 Å². The van der Waals surface area contributed by atoms with Crippen LogP contribution in [0.15, 0.2) is 67.4 Å². The molecular weight excluding hydrogens is 434 g/mol. The number of hydrogen-bond acceptors (Lipinski definition) is 6. The normalized spacial score (nSPS) is 11.2. The van der Waals surface area contributed by atoms with E-state index in [2.05, 4.69) is 66.2 Å². The Hall–Kier alpha value is -3.25. The number of hydrogen-bond donors (Lipinski definition) is 0. The number of aromatic nitrogens is 3.